The number of aromatic nitrogens is 4. The van der Waals surface area contributed by atoms with E-state index in [1.54, 1.807) is 0 Å². The lowest BCUT2D eigenvalue weighted by molar-refractivity contribution is 0.112. The monoisotopic (exact) mass is 244 g/mol. The summed E-state index contributed by atoms with van der Waals surface area (Å²) in [4.78, 5) is 30.0. The molecule has 18 heavy (non-hydrogen) atoms. The van der Waals surface area contributed by atoms with E-state index in [0.717, 1.165) is 24.1 Å². The first kappa shape index (κ1) is 10.9. The second kappa shape index (κ2) is 3.90. The minimum Gasteiger partial charge on any atom is -0.305 e. The molecule has 6 nitrogen and oxygen atoms in total. The molecule has 2 aromatic heterocycles. The van der Waals surface area contributed by atoms with Crippen LogP contribution in [0.2, 0.25) is 0 Å². The summed E-state index contributed by atoms with van der Waals surface area (Å²) in [6, 6.07) is 0. The first-order chi connectivity index (χ1) is 8.70. The largest absolute Gasteiger partial charge is 0.305 e. The molecule has 3 rings (SSSR count). The molecular weight excluding hydrogens is 232 g/mol. The Kier molecular flexibility index (Phi) is 2.36. The number of aryl methyl sites for hydroxylation is 1. The molecule has 0 amide bonds. The van der Waals surface area contributed by atoms with Gasteiger partial charge < -0.3 is 4.98 Å². The van der Waals surface area contributed by atoms with Gasteiger partial charge in [0.25, 0.3) is 5.56 Å². The molecule has 0 bridgehead atoms. The van der Waals surface area contributed by atoms with Gasteiger partial charge in [-0.2, -0.15) is 5.10 Å². The molecule has 92 valence electrons. The summed E-state index contributed by atoms with van der Waals surface area (Å²) in [5.41, 5.74) is 2.33. The van der Waals surface area contributed by atoms with Gasteiger partial charge in [-0.25, -0.2) is 4.98 Å². The normalized spacial score (nSPS) is 17.7. The van der Waals surface area contributed by atoms with Crippen molar-refractivity contribution >= 4 is 6.29 Å². The van der Waals surface area contributed by atoms with E-state index in [1.807, 2.05) is 6.92 Å². The van der Waals surface area contributed by atoms with Gasteiger partial charge >= 0.3 is 0 Å². The number of H-pyrrole nitrogens is 2. The number of carbonyl (C=O) groups is 1. The van der Waals surface area contributed by atoms with E-state index in [4.69, 9.17) is 0 Å². The number of nitrogens with one attached hydrogen (secondary N) is 2. The SMILES string of the molecule is C[C@H]1CCc2nc(-c3[nH]ncc3C=O)[nH]c(=O)c21. The molecule has 0 radical (unpaired) electrons. The molecule has 1 aliphatic rings. The van der Waals surface area contributed by atoms with Gasteiger partial charge in [-0.05, 0) is 18.8 Å². The van der Waals surface area contributed by atoms with Gasteiger partial charge in [-0.3, -0.25) is 14.7 Å². The Balaban J connectivity index is 2.19. The van der Waals surface area contributed by atoms with Gasteiger partial charge in [0.05, 0.1) is 17.5 Å². The lowest BCUT2D eigenvalue weighted by Gasteiger charge is -2.04. The Hall–Kier alpha value is -2.24. The number of aldehydes is 1. The van der Waals surface area contributed by atoms with Crippen LogP contribution in [0.5, 0.6) is 0 Å². The van der Waals surface area contributed by atoms with Crippen LogP contribution in [0.4, 0.5) is 0 Å². The van der Waals surface area contributed by atoms with Crippen LogP contribution >= 0.6 is 0 Å². The van der Waals surface area contributed by atoms with Gasteiger partial charge in [0.1, 0.15) is 5.69 Å². The fourth-order valence-electron chi connectivity index (χ4n) is 2.42. The van der Waals surface area contributed by atoms with Crippen LogP contribution in [-0.4, -0.2) is 26.5 Å². The van der Waals surface area contributed by atoms with Crippen molar-refractivity contribution in [3.05, 3.63) is 33.4 Å². The molecule has 0 spiro atoms. The lowest BCUT2D eigenvalue weighted by atomic mass is 10.1. The van der Waals surface area contributed by atoms with Crippen LogP contribution in [0.3, 0.4) is 0 Å². The van der Waals surface area contributed by atoms with Crippen molar-refractivity contribution < 1.29 is 4.79 Å². The first-order valence-electron chi connectivity index (χ1n) is 5.82. The van der Waals surface area contributed by atoms with E-state index in [2.05, 4.69) is 20.2 Å². The van der Waals surface area contributed by atoms with E-state index >= 15 is 0 Å². The number of carbonyl (C=O) groups excluding carboxylic acids is 1. The average molecular weight is 244 g/mol. The van der Waals surface area contributed by atoms with Crippen molar-refractivity contribution in [1.29, 1.82) is 0 Å². The maximum Gasteiger partial charge on any atom is 0.254 e. The summed E-state index contributed by atoms with van der Waals surface area (Å²) >= 11 is 0. The third kappa shape index (κ3) is 1.49. The third-order valence-corrected chi connectivity index (χ3v) is 3.37. The summed E-state index contributed by atoms with van der Waals surface area (Å²) in [6.07, 6.45) is 3.85. The van der Waals surface area contributed by atoms with Gasteiger partial charge in [0.2, 0.25) is 0 Å². The van der Waals surface area contributed by atoms with E-state index < -0.39 is 0 Å². The van der Waals surface area contributed by atoms with Crippen LogP contribution in [0, 0.1) is 0 Å². The summed E-state index contributed by atoms with van der Waals surface area (Å²) in [7, 11) is 0. The maximum absolute atomic E-state index is 12.0. The third-order valence-electron chi connectivity index (χ3n) is 3.37. The molecule has 2 heterocycles. The fourth-order valence-corrected chi connectivity index (χ4v) is 2.42. The van der Waals surface area contributed by atoms with Crippen LogP contribution in [-0.2, 0) is 6.42 Å². The second-order valence-corrected chi connectivity index (χ2v) is 4.53. The zero-order chi connectivity index (χ0) is 12.7. The maximum atomic E-state index is 12.0. The quantitative estimate of drug-likeness (QED) is 0.771. The highest BCUT2D eigenvalue weighted by atomic mass is 16.1. The highest BCUT2D eigenvalue weighted by Gasteiger charge is 2.25. The molecule has 0 saturated carbocycles. The van der Waals surface area contributed by atoms with Crippen LogP contribution < -0.4 is 5.56 Å². The average Bonchev–Trinajstić information content (AvgIpc) is 2.95. The Morgan fingerprint density at radius 1 is 1.50 bits per heavy atom. The number of hydrogen-bond acceptors (Lipinski definition) is 4. The highest BCUT2D eigenvalue weighted by Crippen LogP contribution is 2.29. The van der Waals surface area contributed by atoms with Crippen LogP contribution in [0.1, 0.15) is 40.9 Å². The molecule has 0 saturated heterocycles. The highest BCUT2D eigenvalue weighted by molar-refractivity contribution is 5.83. The molecule has 2 aromatic rings. The van der Waals surface area contributed by atoms with E-state index in [9.17, 15) is 9.59 Å². The van der Waals surface area contributed by atoms with Crippen LogP contribution in [0.25, 0.3) is 11.5 Å². The van der Waals surface area contributed by atoms with E-state index in [1.165, 1.54) is 6.20 Å². The fraction of sp³-hybridized carbons (Fsp3) is 0.333. The molecule has 1 aliphatic carbocycles. The molecule has 0 aromatic carbocycles. The van der Waals surface area contributed by atoms with Gasteiger partial charge in [-0.15, -0.1) is 0 Å². The van der Waals surface area contributed by atoms with Crippen molar-refractivity contribution in [3.8, 4) is 11.5 Å². The zero-order valence-corrected chi connectivity index (χ0v) is 9.86. The Morgan fingerprint density at radius 2 is 2.33 bits per heavy atom. The zero-order valence-electron chi connectivity index (χ0n) is 9.86. The molecule has 6 heteroatoms. The summed E-state index contributed by atoms with van der Waals surface area (Å²) < 4.78 is 0. The van der Waals surface area contributed by atoms with Crippen molar-refractivity contribution in [2.24, 2.45) is 0 Å². The number of hydrogen-bond donors (Lipinski definition) is 2. The van der Waals surface area contributed by atoms with E-state index in [-0.39, 0.29) is 11.5 Å². The standard InChI is InChI=1S/C12H12N4O2/c1-6-2-3-8-9(6)12(18)15-11(14-8)10-7(5-17)4-13-16-10/h4-6H,2-3H2,1H3,(H,13,16)(H,14,15,18)/t6-/m0/s1. The summed E-state index contributed by atoms with van der Waals surface area (Å²) in [5, 5.41) is 6.48. The summed E-state index contributed by atoms with van der Waals surface area (Å²) in [6.45, 7) is 2.02. The van der Waals surface area contributed by atoms with Crippen molar-refractivity contribution in [3.63, 3.8) is 0 Å². The Morgan fingerprint density at radius 3 is 3.11 bits per heavy atom. The number of rotatable bonds is 2. The predicted molar refractivity (Wildman–Crippen MR) is 64.6 cm³/mol. The smallest absolute Gasteiger partial charge is 0.254 e. The summed E-state index contributed by atoms with van der Waals surface area (Å²) in [5.74, 6) is 0.630. The topological polar surface area (TPSA) is 91.5 Å². The van der Waals surface area contributed by atoms with Crippen molar-refractivity contribution in [2.75, 3.05) is 0 Å². The number of nitrogens with zero attached hydrogens (tertiary/aromatic N) is 2. The Labute approximate surface area is 102 Å². The molecule has 0 fully saturated rings. The van der Waals surface area contributed by atoms with Gasteiger partial charge in [0.15, 0.2) is 12.1 Å². The lowest BCUT2D eigenvalue weighted by Crippen LogP contribution is -2.17. The van der Waals surface area contributed by atoms with Gasteiger partial charge in [-0.1, -0.05) is 6.92 Å². The second-order valence-electron chi connectivity index (χ2n) is 4.53. The minimum atomic E-state index is -0.119. The molecular formula is C12H12N4O2. The van der Waals surface area contributed by atoms with Gasteiger partial charge in [0, 0.05) is 5.56 Å². The van der Waals surface area contributed by atoms with Crippen molar-refractivity contribution in [1.82, 2.24) is 20.2 Å². The molecule has 1 atom stereocenters. The predicted octanol–water partition coefficient (Wildman–Crippen LogP) is 1.02. The minimum absolute atomic E-state index is 0.119. The van der Waals surface area contributed by atoms with Crippen molar-refractivity contribution in [2.45, 2.75) is 25.7 Å². The first-order valence-corrected chi connectivity index (χ1v) is 5.82. The van der Waals surface area contributed by atoms with Crippen LogP contribution in [0.15, 0.2) is 11.0 Å². The molecule has 0 aliphatic heterocycles. The van der Waals surface area contributed by atoms with E-state index in [0.29, 0.717) is 23.4 Å². The molecule has 0 unspecified atom stereocenters. The molecule has 2 N–H and O–H groups in total. The Bertz CT molecular complexity index is 671. The number of aromatic amines is 2. The number of fused-ring (bicyclic) bond motifs is 1.